The molecule has 0 aliphatic carbocycles. The first-order valence-electron chi connectivity index (χ1n) is 4.85. The molecule has 1 heterocycles. The van der Waals surface area contributed by atoms with Gasteiger partial charge in [0.25, 0.3) is 0 Å². The fourth-order valence-corrected chi connectivity index (χ4v) is 1.28. The van der Waals surface area contributed by atoms with Crippen LogP contribution in [0, 0.1) is 0 Å². The normalized spacial score (nSPS) is 29.0. The van der Waals surface area contributed by atoms with Crippen molar-refractivity contribution in [2.75, 3.05) is 20.2 Å². The molecule has 0 aromatic rings. The Bertz CT molecular complexity index is 123. The van der Waals surface area contributed by atoms with Gasteiger partial charge in [-0.05, 0) is 27.8 Å². The number of hydrogen-bond donors (Lipinski definition) is 0. The summed E-state index contributed by atoms with van der Waals surface area (Å²) in [6.07, 6.45) is 0. The second-order valence-corrected chi connectivity index (χ2v) is 3.83. The number of ether oxygens (including phenoxy) is 1. The van der Waals surface area contributed by atoms with Crippen LogP contribution in [0.2, 0.25) is 0 Å². The zero-order chi connectivity index (χ0) is 9.78. The Morgan fingerprint density at radius 2 is 1.83 bits per heavy atom. The van der Waals surface area contributed by atoms with Gasteiger partial charge in [0.1, 0.15) is 0 Å². The first-order chi connectivity index (χ1) is 5.51. The lowest BCUT2D eigenvalue weighted by molar-refractivity contribution is -0.102. The van der Waals surface area contributed by atoms with Gasteiger partial charge in [0.15, 0.2) is 0 Å². The first kappa shape index (κ1) is 11.9. The molecule has 1 aliphatic heterocycles. The smallest absolute Gasteiger partial charge is 0.0753 e. The Morgan fingerprint density at radius 1 is 1.33 bits per heavy atom. The van der Waals surface area contributed by atoms with Crippen molar-refractivity contribution in [1.82, 2.24) is 4.90 Å². The van der Waals surface area contributed by atoms with Gasteiger partial charge in [-0.2, -0.15) is 0 Å². The topological polar surface area (TPSA) is 12.5 Å². The molecule has 0 N–H and O–H groups in total. The van der Waals surface area contributed by atoms with Gasteiger partial charge in [-0.25, -0.2) is 0 Å². The van der Waals surface area contributed by atoms with E-state index in [1.165, 1.54) is 0 Å². The summed E-state index contributed by atoms with van der Waals surface area (Å²) in [5, 5.41) is 0. The van der Waals surface area contributed by atoms with Crippen LogP contribution >= 0.6 is 0 Å². The molecule has 1 rings (SSSR count). The van der Waals surface area contributed by atoms with Gasteiger partial charge < -0.3 is 4.74 Å². The third-order valence-corrected chi connectivity index (χ3v) is 2.10. The summed E-state index contributed by atoms with van der Waals surface area (Å²) in [7, 11) is 2.15. The average molecular weight is 173 g/mol. The maximum Gasteiger partial charge on any atom is 0.0753 e. The Labute approximate surface area is 76.9 Å². The predicted octanol–water partition coefficient (Wildman–Crippen LogP) is 2.14. The van der Waals surface area contributed by atoms with Gasteiger partial charge in [0.2, 0.25) is 0 Å². The highest BCUT2D eigenvalue weighted by atomic mass is 16.5. The van der Waals surface area contributed by atoms with Gasteiger partial charge in [0, 0.05) is 12.6 Å². The Hall–Kier alpha value is -0.0800. The zero-order valence-electron chi connectivity index (χ0n) is 9.35. The largest absolute Gasteiger partial charge is 0.373 e. The molecule has 0 radical (unpaired) electrons. The second-order valence-electron chi connectivity index (χ2n) is 3.83. The number of rotatable bonds is 0. The van der Waals surface area contributed by atoms with E-state index >= 15 is 0 Å². The molecule has 12 heavy (non-hydrogen) atoms. The van der Waals surface area contributed by atoms with Crippen LogP contribution in [0.3, 0.4) is 0 Å². The molecule has 1 aliphatic rings. The van der Waals surface area contributed by atoms with E-state index < -0.39 is 0 Å². The monoisotopic (exact) mass is 173 g/mol. The lowest BCUT2D eigenvalue weighted by Crippen LogP contribution is -2.50. The van der Waals surface area contributed by atoms with Crippen LogP contribution in [0.15, 0.2) is 0 Å². The third-order valence-electron chi connectivity index (χ3n) is 2.10. The van der Waals surface area contributed by atoms with Crippen molar-refractivity contribution in [3.63, 3.8) is 0 Å². The van der Waals surface area contributed by atoms with E-state index in [4.69, 9.17) is 4.74 Å². The summed E-state index contributed by atoms with van der Waals surface area (Å²) in [4.78, 5) is 2.34. The van der Waals surface area contributed by atoms with E-state index in [0.29, 0.717) is 6.04 Å². The van der Waals surface area contributed by atoms with E-state index in [1.807, 2.05) is 13.8 Å². The Balaban J connectivity index is 0.000000561. The van der Waals surface area contributed by atoms with Crippen molar-refractivity contribution in [1.29, 1.82) is 0 Å². The van der Waals surface area contributed by atoms with Crippen molar-refractivity contribution in [3.8, 4) is 0 Å². The molecular weight excluding hydrogens is 150 g/mol. The predicted molar refractivity (Wildman–Crippen MR) is 53.5 cm³/mol. The van der Waals surface area contributed by atoms with E-state index in [-0.39, 0.29) is 5.60 Å². The molecule has 0 aromatic carbocycles. The summed E-state index contributed by atoms with van der Waals surface area (Å²) >= 11 is 0. The van der Waals surface area contributed by atoms with Gasteiger partial charge in [-0.3, -0.25) is 4.90 Å². The fourth-order valence-electron chi connectivity index (χ4n) is 1.28. The van der Waals surface area contributed by atoms with Crippen molar-refractivity contribution in [3.05, 3.63) is 0 Å². The van der Waals surface area contributed by atoms with E-state index in [1.54, 1.807) is 0 Å². The highest BCUT2D eigenvalue weighted by molar-refractivity contribution is 4.81. The minimum Gasteiger partial charge on any atom is -0.373 e. The quantitative estimate of drug-likeness (QED) is 0.556. The van der Waals surface area contributed by atoms with Crippen LogP contribution in [0.1, 0.15) is 34.6 Å². The molecule has 0 aromatic heterocycles. The number of likely N-dealkylation sites (N-methyl/N-ethyl adjacent to an activating group) is 1. The van der Waals surface area contributed by atoms with Gasteiger partial charge in [-0.15, -0.1) is 0 Å². The van der Waals surface area contributed by atoms with Crippen LogP contribution in [0.4, 0.5) is 0 Å². The minimum absolute atomic E-state index is 0.0568. The van der Waals surface area contributed by atoms with Crippen LogP contribution in [0.25, 0.3) is 0 Å². The Kier molecular flexibility index (Phi) is 4.80. The van der Waals surface area contributed by atoms with E-state index in [2.05, 4.69) is 32.7 Å². The lowest BCUT2D eigenvalue weighted by atomic mass is 10.1. The number of nitrogens with zero attached hydrogens (tertiary/aromatic N) is 1. The summed E-state index contributed by atoms with van der Waals surface area (Å²) < 4.78 is 5.61. The van der Waals surface area contributed by atoms with Gasteiger partial charge >= 0.3 is 0 Å². The molecule has 1 atom stereocenters. The Morgan fingerprint density at radius 3 is 2.17 bits per heavy atom. The molecule has 1 saturated heterocycles. The minimum atomic E-state index is 0.0568. The van der Waals surface area contributed by atoms with E-state index in [9.17, 15) is 0 Å². The number of hydrogen-bond acceptors (Lipinski definition) is 2. The van der Waals surface area contributed by atoms with Crippen molar-refractivity contribution in [2.24, 2.45) is 0 Å². The van der Waals surface area contributed by atoms with Crippen LogP contribution in [-0.4, -0.2) is 36.7 Å². The van der Waals surface area contributed by atoms with E-state index in [0.717, 1.165) is 13.2 Å². The summed E-state index contributed by atoms with van der Waals surface area (Å²) in [6, 6.07) is 0.577. The molecule has 0 amide bonds. The molecule has 2 nitrogen and oxygen atoms in total. The number of morpholine rings is 1. The molecule has 1 unspecified atom stereocenters. The summed E-state index contributed by atoms with van der Waals surface area (Å²) in [6.45, 7) is 12.4. The van der Waals surface area contributed by atoms with Crippen LogP contribution in [-0.2, 0) is 4.74 Å². The third kappa shape index (κ3) is 3.55. The standard InChI is InChI=1S/C8H17NO.C2H6/c1-7-5-10-8(2,3)6-9(7)4;1-2/h7H,5-6H2,1-4H3;1-2H3. The maximum atomic E-state index is 5.61. The summed E-state index contributed by atoms with van der Waals surface area (Å²) in [5.74, 6) is 0. The highest BCUT2D eigenvalue weighted by Gasteiger charge is 2.28. The van der Waals surface area contributed by atoms with Crippen molar-refractivity contribution >= 4 is 0 Å². The lowest BCUT2D eigenvalue weighted by Gasteiger charge is -2.40. The van der Waals surface area contributed by atoms with Crippen molar-refractivity contribution in [2.45, 2.75) is 46.3 Å². The van der Waals surface area contributed by atoms with Gasteiger partial charge in [0.05, 0.1) is 12.2 Å². The molecule has 0 bridgehead atoms. The average Bonchev–Trinajstić information content (AvgIpc) is 2.01. The van der Waals surface area contributed by atoms with Gasteiger partial charge in [-0.1, -0.05) is 13.8 Å². The van der Waals surface area contributed by atoms with Crippen LogP contribution in [0.5, 0.6) is 0 Å². The molecule has 2 heteroatoms. The maximum absolute atomic E-state index is 5.61. The summed E-state index contributed by atoms with van der Waals surface area (Å²) in [5.41, 5.74) is 0.0568. The van der Waals surface area contributed by atoms with Crippen LogP contribution < -0.4 is 0 Å². The SMILES string of the molecule is CC.CC1COC(C)(C)CN1C. The second kappa shape index (κ2) is 4.83. The molecular formula is C10H23NO. The highest BCUT2D eigenvalue weighted by Crippen LogP contribution is 2.18. The van der Waals surface area contributed by atoms with Crippen molar-refractivity contribution < 1.29 is 4.74 Å². The zero-order valence-corrected chi connectivity index (χ0v) is 9.35. The molecule has 0 saturated carbocycles. The fraction of sp³-hybridized carbons (Fsp3) is 1.00. The molecule has 1 fully saturated rings. The first-order valence-corrected chi connectivity index (χ1v) is 4.85. The molecule has 0 spiro atoms. The molecule has 74 valence electrons.